The number of alkyl halides is 3. The van der Waals surface area contributed by atoms with Gasteiger partial charge in [0.2, 0.25) is 0 Å². The molecular weight excluding hydrogens is 329 g/mol. The standard InChI is InChI=1S/C20H23F3O2/c1-12-3-5-15(6-4-12)25-18-8-7-16-14(11-24)9-13(2)10-17(16)19(18)20(21,22)23/h7-10,12,15,24H,3-6,11H2,1-2H3. The fourth-order valence-electron chi connectivity index (χ4n) is 3.70. The van der Waals surface area contributed by atoms with Gasteiger partial charge in [-0.15, -0.1) is 0 Å². The Balaban J connectivity index is 2.09. The molecule has 0 unspecified atom stereocenters. The smallest absolute Gasteiger partial charge is 0.420 e. The van der Waals surface area contributed by atoms with Gasteiger partial charge >= 0.3 is 6.18 Å². The largest absolute Gasteiger partial charge is 0.490 e. The van der Waals surface area contributed by atoms with Crippen LogP contribution in [0.15, 0.2) is 24.3 Å². The van der Waals surface area contributed by atoms with E-state index in [2.05, 4.69) is 6.92 Å². The normalized spacial score (nSPS) is 21.5. The van der Waals surface area contributed by atoms with Crippen LogP contribution >= 0.6 is 0 Å². The lowest BCUT2D eigenvalue weighted by Crippen LogP contribution is -2.24. The van der Waals surface area contributed by atoms with Crippen LogP contribution in [0.4, 0.5) is 13.2 Å². The van der Waals surface area contributed by atoms with Crippen molar-refractivity contribution in [3.8, 4) is 5.75 Å². The maximum Gasteiger partial charge on any atom is 0.420 e. The van der Waals surface area contributed by atoms with E-state index in [4.69, 9.17) is 4.74 Å². The van der Waals surface area contributed by atoms with Crippen LogP contribution in [-0.2, 0) is 12.8 Å². The highest BCUT2D eigenvalue weighted by Gasteiger charge is 2.37. The van der Waals surface area contributed by atoms with E-state index in [1.807, 2.05) is 0 Å². The summed E-state index contributed by atoms with van der Waals surface area (Å²) in [5, 5.41) is 10.0. The van der Waals surface area contributed by atoms with Crippen molar-refractivity contribution in [2.24, 2.45) is 5.92 Å². The minimum atomic E-state index is -4.52. The SMILES string of the molecule is Cc1cc(CO)c2ccc(OC3CCC(C)CC3)c(C(F)(F)F)c2c1. The number of fused-ring (bicyclic) bond motifs is 1. The summed E-state index contributed by atoms with van der Waals surface area (Å²) < 4.78 is 47.3. The van der Waals surface area contributed by atoms with E-state index in [0.717, 1.165) is 25.7 Å². The first kappa shape index (κ1) is 18.1. The predicted molar refractivity (Wildman–Crippen MR) is 91.7 cm³/mol. The third kappa shape index (κ3) is 3.76. The van der Waals surface area contributed by atoms with Gasteiger partial charge in [0.05, 0.1) is 12.7 Å². The molecule has 1 fully saturated rings. The van der Waals surface area contributed by atoms with Crippen LogP contribution in [0.1, 0.15) is 49.3 Å². The average Bonchev–Trinajstić information content (AvgIpc) is 2.54. The zero-order valence-corrected chi connectivity index (χ0v) is 14.5. The Bertz CT molecular complexity index is 760. The van der Waals surface area contributed by atoms with E-state index in [1.54, 1.807) is 19.1 Å². The lowest BCUT2D eigenvalue weighted by atomic mass is 9.89. The number of aliphatic hydroxyl groups is 1. The molecular formula is C20H23F3O2. The van der Waals surface area contributed by atoms with Gasteiger partial charge < -0.3 is 9.84 Å². The van der Waals surface area contributed by atoms with Gasteiger partial charge in [-0.1, -0.05) is 30.7 Å². The van der Waals surface area contributed by atoms with Crippen LogP contribution in [-0.4, -0.2) is 11.2 Å². The van der Waals surface area contributed by atoms with Crippen molar-refractivity contribution in [2.75, 3.05) is 0 Å². The van der Waals surface area contributed by atoms with E-state index in [0.29, 0.717) is 22.4 Å². The molecule has 0 aliphatic heterocycles. The third-order valence-electron chi connectivity index (χ3n) is 5.04. The number of aliphatic hydroxyl groups excluding tert-OH is 1. The Kier molecular flexibility index (Phi) is 4.96. The molecule has 3 rings (SSSR count). The summed E-state index contributed by atoms with van der Waals surface area (Å²) in [4.78, 5) is 0. The van der Waals surface area contributed by atoms with E-state index in [-0.39, 0.29) is 23.8 Å². The Hall–Kier alpha value is -1.75. The number of halogens is 3. The van der Waals surface area contributed by atoms with Crippen LogP contribution in [0, 0.1) is 12.8 Å². The molecule has 5 heteroatoms. The quantitative estimate of drug-likeness (QED) is 0.777. The average molecular weight is 352 g/mol. The van der Waals surface area contributed by atoms with E-state index in [9.17, 15) is 18.3 Å². The summed E-state index contributed by atoms with van der Waals surface area (Å²) >= 11 is 0. The van der Waals surface area contributed by atoms with Gasteiger partial charge in [0.1, 0.15) is 11.3 Å². The molecule has 2 aromatic carbocycles. The minimum Gasteiger partial charge on any atom is -0.490 e. The van der Waals surface area contributed by atoms with Crippen molar-refractivity contribution < 1.29 is 23.0 Å². The number of rotatable bonds is 3. The van der Waals surface area contributed by atoms with Crippen molar-refractivity contribution in [1.29, 1.82) is 0 Å². The van der Waals surface area contributed by atoms with Crippen LogP contribution in [0.25, 0.3) is 10.8 Å². The third-order valence-corrected chi connectivity index (χ3v) is 5.04. The summed E-state index contributed by atoms with van der Waals surface area (Å²) in [6, 6.07) is 6.26. The molecule has 136 valence electrons. The second-order valence-corrected chi connectivity index (χ2v) is 7.11. The van der Waals surface area contributed by atoms with Crippen molar-refractivity contribution in [3.63, 3.8) is 0 Å². The Morgan fingerprint density at radius 3 is 2.36 bits per heavy atom. The molecule has 0 aromatic heterocycles. The molecule has 2 nitrogen and oxygen atoms in total. The molecule has 0 bridgehead atoms. The summed E-state index contributed by atoms with van der Waals surface area (Å²) in [6.07, 6.45) is -1.16. The zero-order chi connectivity index (χ0) is 18.2. The molecule has 0 spiro atoms. The van der Waals surface area contributed by atoms with Gasteiger partial charge in [-0.2, -0.15) is 13.2 Å². The number of ether oxygens (including phenoxy) is 1. The molecule has 25 heavy (non-hydrogen) atoms. The minimum absolute atomic E-state index is 0.0956. The highest BCUT2D eigenvalue weighted by atomic mass is 19.4. The molecule has 0 radical (unpaired) electrons. The number of hydrogen-bond donors (Lipinski definition) is 1. The molecule has 1 saturated carbocycles. The van der Waals surface area contributed by atoms with Gasteiger partial charge in [0, 0.05) is 0 Å². The lowest BCUT2D eigenvalue weighted by Gasteiger charge is -2.28. The molecule has 0 heterocycles. The highest BCUT2D eigenvalue weighted by Crippen LogP contribution is 2.43. The predicted octanol–water partition coefficient (Wildman–Crippen LogP) is 5.62. The fraction of sp³-hybridized carbons (Fsp3) is 0.500. The van der Waals surface area contributed by atoms with Gasteiger partial charge in [-0.05, 0) is 60.9 Å². The van der Waals surface area contributed by atoms with E-state index in [1.165, 1.54) is 12.1 Å². The lowest BCUT2D eigenvalue weighted by molar-refractivity contribution is -0.138. The number of aryl methyl sites for hydroxylation is 1. The Morgan fingerprint density at radius 1 is 1.08 bits per heavy atom. The zero-order valence-electron chi connectivity index (χ0n) is 14.5. The first-order valence-corrected chi connectivity index (χ1v) is 8.70. The van der Waals surface area contributed by atoms with Crippen molar-refractivity contribution in [1.82, 2.24) is 0 Å². The van der Waals surface area contributed by atoms with Gasteiger partial charge in [-0.25, -0.2) is 0 Å². The molecule has 0 amide bonds. The number of benzene rings is 2. The fourth-order valence-corrected chi connectivity index (χ4v) is 3.70. The second-order valence-electron chi connectivity index (χ2n) is 7.11. The van der Waals surface area contributed by atoms with Crippen LogP contribution in [0.5, 0.6) is 5.75 Å². The summed E-state index contributed by atoms with van der Waals surface area (Å²) in [5.41, 5.74) is 0.450. The maximum atomic E-state index is 13.8. The van der Waals surface area contributed by atoms with Crippen molar-refractivity contribution in [2.45, 2.75) is 58.4 Å². The summed E-state index contributed by atoms with van der Waals surface area (Å²) in [7, 11) is 0. The van der Waals surface area contributed by atoms with Gasteiger partial charge in [0.15, 0.2) is 0 Å². The first-order valence-electron chi connectivity index (χ1n) is 8.70. The van der Waals surface area contributed by atoms with Crippen molar-refractivity contribution in [3.05, 3.63) is 41.0 Å². The molecule has 0 atom stereocenters. The van der Waals surface area contributed by atoms with Gasteiger partial charge in [-0.3, -0.25) is 0 Å². The van der Waals surface area contributed by atoms with Crippen LogP contribution in [0.2, 0.25) is 0 Å². The molecule has 0 saturated heterocycles. The van der Waals surface area contributed by atoms with Crippen LogP contribution < -0.4 is 4.74 Å². The van der Waals surface area contributed by atoms with Crippen LogP contribution in [0.3, 0.4) is 0 Å². The maximum absolute atomic E-state index is 13.8. The Labute approximate surface area is 145 Å². The molecule has 1 aliphatic carbocycles. The number of hydrogen-bond acceptors (Lipinski definition) is 2. The summed E-state index contributed by atoms with van der Waals surface area (Å²) in [5.74, 6) is 0.502. The van der Waals surface area contributed by atoms with E-state index >= 15 is 0 Å². The highest BCUT2D eigenvalue weighted by molar-refractivity contribution is 5.91. The Morgan fingerprint density at radius 2 is 1.76 bits per heavy atom. The summed E-state index contributed by atoms with van der Waals surface area (Å²) in [6.45, 7) is 3.59. The topological polar surface area (TPSA) is 29.5 Å². The second kappa shape index (κ2) is 6.87. The van der Waals surface area contributed by atoms with Crippen molar-refractivity contribution >= 4 is 10.8 Å². The first-order chi connectivity index (χ1) is 11.8. The van der Waals surface area contributed by atoms with E-state index < -0.39 is 11.7 Å². The molecule has 1 aliphatic rings. The van der Waals surface area contributed by atoms with Gasteiger partial charge in [0.25, 0.3) is 0 Å². The molecule has 1 N–H and O–H groups in total. The monoisotopic (exact) mass is 352 g/mol. The molecule has 2 aromatic rings.